The van der Waals surface area contributed by atoms with E-state index in [0.717, 1.165) is 22.7 Å². The number of fused-ring (bicyclic) bond motifs is 10. The molecule has 0 amide bonds. The highest BCUT2D eigenvalue weighted by molar-refractivity contribution is 6.18. The minimum absolute atomic E-state index is 0.102. The molecule has 0 radical (unpaired) electrons. The van der Waals surface area contributed by atoms with Crippen molar-refractivity contribution in [3.05, 3.63) is 229 Å². The van der Waals surface area contributed by atoms with Crippen LogP contribution in [0.2, 0.25) is 0 Å². The van der Waals surface area contributed by atoms with Crippen LogP contribution in [0.3, 0.4) is 0 Å². The van der Waals surface area contributed by atoms with Crippen molar-refractivity contribution >= 4 is 38.9 Å². The van der Waals surface area contributed by atoms with Crippen molar-refractivity contribution in [2.45, 2.75) is 38.5 Å². The number of anilines is 3. The number of benzene rings is 9. The van der Waals surface area contributed by atoms with Crippen LogP contribution in [0.25, 0.3) is 72.0 Å². The number of nitrogens with zero attached hydrogens (tertiary/aromatic N) is 2. The molecule has 10 aromatic rings. The second-order valence-electron chi connectivity index (χ2n) is 18.2. The van der Waals surface area contributed by atoms with E-state index in [1.807, 2.05) is 0 Å². The van der Waals surface area contributed by atoms with Crippen molar-refractivity contribution < 1.29 is 0 Å². The molecular formula is C60H46N2. The minimum Gasteiger partial charge on any atom is -0.310 e. The van der Waals surface area contributed by atoms with Crippen molar-refractivity contribution in [2.75, 3.05) is 4.90 Å². The van der Waals surface area contributed by atoms with Gasteiger partial charge in [-0.1, -0.05) is 179 Å². The molecule has 0 saturated heterocycles. The molecule has 2 nitrogen and oxygen atoms in total. The van der Waals surface area contributed by atoms with E-state index in [1.165, 1.54) is 88.6 Å². The van der Waals surface area contributed by atoms with Gasteiger partial charge in [0.05, 0.1) is 11.0 Å². The van der Waals surface area contributed by atoms with Crippen LogP contribution in [-0.4, -0.2) is 4.57 Å². The molecule has 9 aromatic carbocycles. The Morgan fingerprint density at radius 1 is 0.355 bits per heavy atom. The first kappa shape index (κ1) is 36.4. The molecule has 0 spiro atoms. The van der Waals surface area contributed by atoms with Crippen molar-refractivity contribution in [3.8, 4) is 50.2 Å². The normalized spacial score (nSPS) is 14.1. The SMILES string of the molecule is CC1(C)c2ccccc2-c2ccc(N(c3ccc(-c4ccccc4)cc3)c3ccc4c5c6c(ccc5n(-c5ccc(-c7ccccc7)cc5)c4c3)C(C)(C)c3ccccc3-6)cc21. The van der Waals surface area contributed by atoms with E-state index < -0.39 is 0 Å². The molecule has 0 bridgehead atoms. The van der Waals surface area contributed by atoms with Crippen molar-refractivity contribution in [1.29, 1.82) is 0 Å². The molecule has 0 aliphatic heterocycles. The van der Waals surface area contributed by atoms with Gasteiger partial charge in [0.1, 0.15) is 0 Å². The van der Waals surface area contributed by atoms with Crippen molar-refractivity contribution in [3.63, 3.8) is 0 Å². The van der Waals surface area contributed by atoms with Gasteiger partial charge < -0.3 is 9.47 Å². The largest absolute Gasteiger partial charge is 0.310 e. The van der Waals surface area contributed by atoms with Gasteiger partial charge in [-0.15, -0.1) is 0 Å². The summed E-state index contributed by atoms with van der Waals surface area (Å²) >= 11 is 0. The number of rotatable bonds is 6. The Labute approximate surface area is 364 Å². The Bertz CT molecular complexity index is 3370. The van der Waals surface area contributed by atoms with Crippen LogP contribution >= 0.6 is 0 Å². The maximum Gasteiger partial charge on any atom is 0.0562 e. The fraction of sp³-hybridized carbons (Fsp3) is 0.100. The zero-order valence-corrected chi connectivity index (χ0v) is 35.5. The van der Waals surface area contributed by atoms with Gasteiger partial charge in [-0.25, -0.2) is 0 Å². The van der Waals surface area contributed by atoms with Gasteiger partial charge in [-0.2, -0.15) is 0 Å². The summed E-state index contributed by atoms with van der Waals surface area (Å²) in [7, 11) is 0. The first-order chi connectivity index (χ1) is 30.3. The van der Waals surface area contributed by atoms with E-state index in [9.17, 15) is 0 Å². The van der Waals surface area contributed by atoms with Crippen LogP contribution in [-0.2, 0) is 10.8 Å². The third-order valence-corrected chi connectivity index (χ3v) is 14.0. The Morgan fingerprint density at radius 3 is 1.53 bits per heavy atom. The molecule has 2 aliphatic rings. The maximum absolute atomic E-state index is 2.50. The monoisotopic (exact) mass is 794 g/mol. The quantitative estimate of drug-likeness (QED) is 0.163. The van der Waals surface area contributed by atoms with Crippen LogP contribution in [0.15, 0.2) is 206 Å². The summed E-state index contributed by atoms with van der Waals surface area (Å²) in [6.07, 6.45) is 0. The van der Waals surface area contributed by atoms with Crippen LogP contribution in [0, 0.1) is 0 Å². The Kier molecular flexibility index (Phi) is 7.96. The molecule has 0 unspecified atom stereocenters. The summed E-state index contributed by atoms with van der Waals surface area (Å²) in [5.74, 6) is 0. The molecule has 296 valence electrons. The summed E-state index contributed by atoms with van der Waals surface area (Å²) in [6, 6.07) is 76.5. The van der Waals surface area contributed by atoms with Crippen molar-refractivity contribution in [2.24, 2.45) is 0 Å². The molecule has 12 rings (SSSR count). The predicted octanol–water partition coefficient (Wildman–Crippen LogP) is 16.2. The Hall–Kier alpha value is -7.42. The van der Waals surface area contributed by atoms with Crippen LogP contribution < -0.4 is 4.90 Å². The molecule has 2 heteroatoms. The Balaban J connectivity index is 1.10. The zero-order chi connectivity index (χ0) is 41.7. The summed E-state index contributed by atoms with van der Waals surface area (Å²) < 4.78 is 2.50. The van der Waals surface area contributed by atoms with Gasteiger partial charge in [0.15, 0.2) is 0 Å². The van der Waals surface area contributed by atoms with Gasteiger partial charge in [-0.3, -0.25) is 0 Å². The maximum atomic E-state index is 2.50. The van der Waals surface area contributed by atoms with E-state index in [0.29, 0.717) is 0 Å². The summed E-state index contributed by atoms with van der Waals surface area (Å²) in [6.45, 7) is 9.48. The second-order valence-corrected chi connectivity index (χ2v) is 18.2. The summed E-state index contributed by atoms with van der Waals surface area (Å²) in [4.78, 5) is 2.46. The smallest absolute Gasteiger partial charge is 0.0562 e. The Morgan fingerprint density at radius 2 is 0.855 bits per heavy atom. The van der Waals surface area contributed by atoms with Crippen LogP contribution in [0.4, 0.5) is 17.1 Å². The van der Waals surface area contributed by atoms with E-state index in [4.69, 9.17) is 0 Å². The molecule has 62 heavy (non-hydrogen) atoms. The van der Waals surface area contributed by atoms with E-state index >= 15 is 0 Å². The molecule has 0 saturated carbocycles. The summed E-state index contributed by atoms with van der Waals surface area (Å²) in [5.41, 5.74) is 22.4. The second kappa shape index (κ2) is 13.5. The number of hydrogen-bond acceptors (Lipinski definition) is 1. The lowest BCUT2D eigenvalue weighted by Crippen LogP contribution is -2.16. The average Bonchev–Trinajstić information content (AvgIpc) is 3.86. The molecular weight excluding hydrogens is 749 g/mol. The first-order valence-electron chi connectivity index (χ1n) is 21.8. The molecule has 0 fully saturated rings. The molecule has 0 N–H and O–H groups in total. The third-order valence-electron chi connectivity index (χ3n) is 14.0. The third kappa shape index (κ3) is 5.36. The topological polar surface area (TPSA) is 8.17 Å². The van der Waals surface area contributed by atoms with Gasteiger partial charge >= 0.3 is 0 Å². The highest BCUT2D eigenvalue weighted by Gasteiger charge is 2.38. The number of hydrogen-bond donors (Lipinski definition) is 0. The highest BCUT2D eigenvalue weighted by atomic mass is 15.1. The van der Waals surface area contributed by atoms with Crippen molar-refractivity contribution in [1.82, 2.24) is 4.57 Å². The fourth-order valence-corrected chi connectivity index (χ4v) is 10.9. The minimum atomic E-state index is -0.127. The lowest BCUT2D eigenvalue weighted by molar-refractivity contribution is 0.660. The summed E-state index contributed by atoms with van der Waals surface area (Å²) in [5, 5.41) is 2.56. The average molecular weight is 795 g/mol. The molecule has 1 heterocycles. The van der Waals surface area contributed by atoms with Crippen LogP contribution in [0.1, 0.15) is 49.9 Å². The lowest BCUT2D eigenvalue weighted by atomic mass is 9.82. The molecule has 2 aliphatic carbocycles. The van der Waals surface area contributed by atoms with Gasteiger partial charge in [0.2, 0.25) is 0 Å². The lowest BCUT2D eigenvalue weighted by Gasteiger charge is -2.28. The first-order valence-corrected chi connectivity index (χ1v) is 21.8. The van der Waals surface area contributed by atoms with E-state index in [2.05, 4.69) is 243 Å². The molecule has 0 atom stereocenters. The highest BCUT2D eigenvalue weighted by Crippen LogP contribution is 2.54. The molecule has 1 aromatic heterocycles. The van der Waals surface area contributed by atoms with Gasteiger partial charge in [-0.05, 0) is 121 Å². The van der Waals surface area contributed by atoms with E-state index in [-0.39, 0.29) is 10.8 Å². The standard InChI is InChI=1S/C60H46N2/c1-59(2)52-22-14-12-20-49(52)57-53(59)35-36-55-58(57)50-34-32-46(38-56(50)62(55)44-29-25-42(26-30-44)40-17-9-6-10-18-40)61(43-27-23-41(24-28-43)39-15-7-5-8-16-39)45-31-33-48-47-19-11-13-21-51(47)60(3,4)54(48)37-45/h5-38H,1-4H3. The number of aromatic nitrogens is 1. The zero-order valence-electron chi connectivity index (χ0n) is 35.5. The fourth-order valence-electron chi connectivity index (χ4n) is 10.9. The van der Waals surface area contributed by atoms with Crippen LogP contribution in [0.5, 0.6) is 0 Å². The predicted molar refractivity (Wildman–Crippen MR) is 261 cm³/mol. The van der Waals surface area contributed by atoms with Gasteiger partial charge in [0, 0.05) is 44.4 Å². The van der Waals surface area contributed by atoms with Gasteiger partial charge in [0.25, 0.3) is 0 Å². The van der Waals surface area contributed by atoms with E-state index in [1.54, 1.807) is 0 Å².